The first-order valence-corrected chi connectivity index (χ1v) is 19.4. The lowest BCUT2D eigenvalue weighted by molar-refractivity contribution is 0.660. The van der Waals surface area contributed by atoms with Crippen molar-refractivity contribution >= 4 is 5.69 Å². The second-order valence-corrected chi connectivity index (χ2v) is 16.3. The van der Waals surface area contributed by atoms with Crippen LogP contribution < -0.4 is 5.73 Å². The molecule has 2 aliphatic carbocycles. The summed E-state index contributed by atoms with van der Waals surface area (Å²) in [5.74, 6) is 1.85. The molecule has 0 aliphatic heterocycles. The van der Waals surface area contributed by atoms with E-state index in [0.29, 0.717) is 23.0 Å². The van der Waals surface area contributed by atoms with Gasteiger partial charge in [0.25, 0.3) is 0 Å². The van der Waals surface area contributed by atoms with Crippen LogP contribution in [0, 0.1) is 11.3 Å². The van der Waals surface area contributed by atoms with Crippen molar-refractivity contribution in [1.29, 1.82) is 5.26 Å². The Kier molecular flexibility index (Phi) is 7.65. The molecular formula is C52H39N5. The van der Waals surface area contributed by atoms with Crippen molar-refractivity contribution in [3.63, 3.8) is 0 Å². The molecule has 0 amide bonds. The van der Waals surface area contributed by atoms with Gasteiger partial charge in [0, 0.05) is 33.2 Å². The number of hydrogen-bond acceptors (Lipinski definition) is 5. The van der Waals surface area contributed by atoms with Crippen LogP contribution in [0.1, 0.15) is 55.5 Å². The van der Waals surface area contributed by atoms with Crippen LogP contribution in [0.5, 0.6) is 0 Å². The molecule has 5 nitrogen and oxygen atoms in total. The van der Waals surface area contributed by atoms with Crippen molar-refractivity contribution in [2.45, 2.75) is 38.5 Å². The Morgan fingerprint density at radius 3 is 1.30 bits per heavy atom. The lowest BCUT2D eigenvalue weighted by atomic mass is 9.80. The van der Waals surface area contributed by atoms with Gasteiger partial charge in [0.05, 0.1) is 11.6 Å². The van der Waals surface area contributed by atoms with Gasteiger partial charge in [-0.25, -0.2) is 15.0 Å². The quantitative estimate of drug-likeness (QED) is 0.178. The van der Waals surface area contributed by atoms with E-state index < -0.39 is 0 Å². The van der Waals surface area contributed by atoms with Gasteiger partial charge in [0.1, 0.15) is 0 Å². The van der Waals surface area contributed by atoms with E-state index in [0.717, 1.165) is 44.6 Å². The average Bonchev–Trinajstić information content (AvgIpc) is 3.61. The third-order valence-corrected chi connectivity index (χ3v) is 12.1. The summed E-state index contributed by atoms with van der Waals surface area (Å²) in [4.78, 5) is 15.3. The molecule has 7 aromatic carbocycles. The molecule has 8 aromatic rings. The van der Waals surface area contributed by atoms with E-state index in [1.54, 1.807) is 0 Å². The summed E-state index contributed by atoms with van der Waals surface area (Å²) in [6.07, 6.45) is 0. The van der Waals surface area contributed by atoms with Gasteiger partial charge in [-0.1, -0.05) is 125 Å². The highest BCUT2D eigenvalue weighted by Gasteiger charge is 2.37. The van der Waals surface area contributed by atoms with E-state index in [1.165, 1.54) is 44.5 Å². The minimum absolute atomic E-state index is 0.216. The lowest BCUT2D eigenvalue weighted by Crippen LogP contribution is -2.15. The van der Waals surface area contributed by atoms with Gasteiger partial charge in [0.2, 0.25) is 0 Å². The Bertz CT molecular complexity index is 2920. The van der Waals surface area contributed by atoms with Crippen LogP contribution in [0.2, 0.25) is 0 Å². The standard InChI is InChI=1S/C52H39N5/c1-51(2)44-23-31(30-53)15-19-40(44)41-20-16-34(27-45(41)51)36-24-37(35-17-21-42-43-22-18-39(54)29-47(43)52(3,4)46(42)28-35)26-38(25-36)50-56-48(32-11-7-5-8-12-32)55-49(57-50)33-13-9-6-10-14-33/h5-29H,54H2,1-4H3. The molecule has 0 fully saturated rings. The van der Waals surface area contributed by atoms with Crippen LogP contribution in [0.3, 0.4) is 0 Å². The first-order valence-electron chi connectivity index (χ1n) is 19.4. The molecule has 2 N–H and O–H groups in total. The second-order valence-electron chi connectivity index (χ2n) is 16.3. The van der Waals surface area contributed by atoms with E-state index in [1.807, 2.05) is 78.9 Å². The third kappa shape index (κ3) is 5.56. The summed E-state index contributed by atoms with van der Waals surface area (Å²) in [6, 6.07) is 55.2. The van der Waals surface area contributed by atoms with Gasteiger partial charge in [-0.05, 0) is 121 Å². The third-order valence-electron chi connectivity index (χ3n) is 12.1. The fourth-order valence-corrected chi connectivity index (χ4v) is 8.95. The maximum atomic E-state index is 9.72. The van der Waals surface area contributed by atoms with Crippen molar-refractivity contribution in [1.82, 2.24) is 15.0 Å². The maximum Gasteiger partial charge on any atom is 0.164 e. The van der Waals surface area contributed by atoms with Gasteiger partial charge < -0.3 is 5.73 Å². The number of nitriles is 1. The number of benzene rings is 7. The molecule has 0 bridgehead atoms. The number of fused-ring (bicyclic) bond motifs is 6. The van der Waals surface area contributed by atoms with E-state index in [2.05, 4.69) is 107 Å². The summed E-state index contributed by atoms with van der Waals surface area (Å²) in [6.45, 7) is 9.08. The molecule has 5 heteroatoms. The van der Waals surface area contributed by atoms with Gasteiger partial charge in [-0.15, -0.1) is 0 Å². The van der Waals surface area contributed by atoms with Crippen molar-refractivity contribution in [2.24, 2.45) is 0 Å². The Labute approximate surface area is 333 Å². The van der Waals surface area contributed by atoms with Crippen LogP contribution >= 0.6 is 0 Å². The zero-order chi connectivity index (χ0) is 39.1. The van der Waals surface area contributed by atoms with Crippen LogP contribution in [-0.4, -0.2) is 15.0 Å². The van der Waals surface area contributed by atoms with Crippen molar-refractivity contribution < 1.29 is 0 Å². The number of anilines is 1. The SMILES string of the molecule is CC1(C)c2cc(N)ccc2-c2ccc(-c3cc(-c4ccc5c(c4)C(C)(C)c4cc(C#N)ccc4-5)cc(-c4nc(-c5ccccc5)nc(-c5ccccc5)n4)c3)cc21. The van der Waals surface area contributed by atoms with Crippen molar-refractivity contribution in [3.8, 4) is 84.7 Å². The largest absolute Gasteiger partial charge is 0.399 e. The van der Waals surface area contributed by atoms with Crippen LogP contribution in [0.15, 0.2) is 152 Å². The predicted molar refractivity (Wildman–Crippen MR) is 231 cm³/mol. The summed E-state index contributed by atoms with van der Waals surface area (Å²) in [5, 5.41) is 9.72. The second kappa shape index (κ2) is 12.7. The highest BCUT2D eigenvalue weighted by Crippen LogP contribution is 2.52. The lowest BCUT2D eigenvalue weighted by Gasteiger charge is -2.23. The molecule has 0 spiro atoms. The summed E-state index contributed by atoms with van der Waals surface area (Å²) >= 11 is 0. The van der Waals surface area contributed by atoms with Gasteiger partial charge in [0.15, 0.2) is 17.5 Å². The highest BCUT2D eigenvalue weighted by molar-refractivity contribution is 5.88. The molecule has 10 rings (SSSR count). The topological polar surface area (TPSA) is 88.5 Å². The molecule has 57 heavy (non-hydrogen) atoms. The summed E-state index contributed by atoms with van der Waals surface area (Å²) in [5.41, 5.74) is 24.2. The molecule has 0 radical (unpaired) electrons. The summed E-state index contributed by atoms with van der Waals surface area (Å²) < 4.78 is 0. The van der Waals surface area contributed by atoms with Crippen molar-refractivity contribution in [2.75, 3.05) is 5.73 Å². The minimum atomic E-state index is -0.276. The van der Waals surface area contributed by atoms with Crippen LogP contribution in [0.25, 0.3) is 78.7 Å². The smallest absolute Gasteiger partial charge is 0.164 e. The molecule has 1 heterocycles. The normalized spacial score (nSPS) is 13.9. The molecule has 0 saturated heterocycles. The Morgan fingerprint density at radius 2 is 0.807 bits per heavy atom. The molecule has 0 atom stereocenters. The molecule has 0 saturated carbocycles. The molecule has 272 valence electrons. The Hall–Kier alpha value is -7.16. The molecule has 0 unspecified atom stereocenters. The minimum Gasteiger partial charge on any atom is -0.399 e. The number of nitrogens with two attached hydrogens (primary N) is 1. The van der Waals surface area contributed by atoms with E-state index in [9.17, 15) is 5.26 Å². The first-order chi connectivity index (χ1) is 27.6. The Morgan fingerprint density at radius 1 is 0.404 bits per heavy atom. The van der Waals surface area contributed by atoms with E-state index in [-0.39, 0.29) is 10.8 Å². The molecule has 1 aromatic heterocycles. The highest BCUT2D eigenvalue weighted by atomic mass is 15.0. The number of aromatic nitrogens is 3. The maximum absolute atomic E-state index is 9.72. The number of hydrogen-bond donors (Lipinski definition) is 1. The molecule has 2 aliphatic rings. The fraction of sp³-hybridized carbons (Fsp3) is 0.115. The van der Waals surface area contributed by atoms with E-state index >= 15 is 0 Å². The van der Waals surface area contributed by atoms with Crippen molar-refractivity contribution in [3.05, 3.63) is 179 Å². The van der Waals surface area contributed by atoms with Crippen LogP contribution in [0.4, 0.5) is 5.69 Å². The summed E-state index contributed by atoms with van der Waals surface area (Å²) in [7, 11) is 0. The monoisotopic (exact) mass is 733 g/mol. The van der Waals surface area contributed by atoms with Gasteiger partial charge in [-0.3, -0.25) is 0 Å². The van der Waals surface area contributed by atoms with Gasteiger partial charge >= 0.3 is 0 Å². The average molecular weight is 734 g/mol. The first kappa shape index (κ1) is 34.3. The van der Waals surface area contributed by atoms with E-state index in [4.69, 9.17) is 20.7 Å². The fourth-order valence-electron chi connectivity index (χ4n) is 8.95. The zero-order valence-corrected chi connectivity index (χ0v) is 32.3. The van der Waals surface area contributed by atoms with Gasteiger partial charge in [-0.2, -0.15) is 5.26 Å². The number of nitrogens with zero attached hydrogens (tertiary/aromatic N) is 4. The Balaban J connectivity index is 1.18. The number of nitrogen functional groups attached to an aromatic ring is 1. The molecular weight excluding hydrogens is 695 g/mol. The van der Waals surface area contributed by atoms with Crippen LogP contribution in [-0.2, 0) is 10.8 Å². The number of rotatable bonds is 5. The zero-order valence-electron chi connectivity index (χ0n) is 32.3. The predicted octanol–water partition coefficient (Wildman–Crippen LogP) is 12.3.